The van der Waals surface area contributed by atoms with Crippen molar-refractivity contribution in [3.8, 4) is 5.75 Å². The molecule has 1 heterocycles. The van der Waals surface area contributed by atoms with Crippen LogP contribution in [0.4, 0.5) is 11.4 Å². The van der Waals surface area contributed by atoms with Gasteiger partial charge in [-0.15, -0.1) is 0 Å². The number of hydrogen-bond donors (Lipinski definition) is 3. The molecule has 1 aromatic carbocycles. The van der Waals surface area contributed by atoms with Gasteiger partial charge in [0.2, 0.25) is 0 Å². The monoisotopic (exact) mass is 452 g/mol. The first-order valence-corrected chi connectivity index (χ1v) is 11.6. The number of amides is 1. The molecule has 2 aromatic rings. The molecular weight excluding hydrogens is 420 g/mol. The highest BCUT2D eigenvalue weighted by Crippen LogP contribution is 2.33. The van der Waals surface area contributed by atoms with Crippen molar-refractivity contribution in [3.63, 3.8) is 0 Å². The van der Waals surface area contributed by atoms with Crippen molar-refractivity contribution in [2.75, 3.05) is 24.8 Å². The number of anilines is 2. The standard InChI is InChI=1S/C25H32N4O4/c1-33-23-14-21(26)17(15-27-18-6-4-16(5-7-18)10-12-30)13-20(23)24(31)28-22-3-2-11-29(25(22)32)19-8-9-19/h2-3,11,13-16,18-19,30H,4-10,12,26H2,1H3,(H,28,31). The van der Waals surface area contributed by atoms with Crippen LogP contribution in [-0.4, -0.2) is 41.6 Å². The normalized spacial score (nSPS) is 20.7. The van der Waals surface area contributed by atoms with E-state index in [1.165, 1.54) is 7.11 Å². The van der Waals surface area contributed by atoms with E-state index in [9.17, 15) is 9.59 Å². The summed E-state index contributed by atoms with van der Waals surface area (Å²) in [7, 11) is 1.48. The van der Waals surface area contributed by atoms with Gasteiger partial charge >= 0.3 is 0 Å². The van der Waals surface area contributed by atoms with E-state index in [1.807, 2.05) is 0 Å². The Hall–Kier alpha value is -3.13. The molecule has 8 nitrogen and oxygen atoms in total. The Balaban J connectivity index is 1.51. The van der Waals surface area contributed by atoms with Crippen LogP contribution in [-0.2, 0) is 0 Å². The van der Waals surface area contributed by atoms with Gasteiger partial charge < -0.3 is 25.5 Å². The van der Waals surface area contributed by atoms with E-state index in [2.05, 4.69) is 5.32 Å². The molecule has 0 bridgehead atoms. The summed E-state index contributed by atoms with van der Waals surface area (Å²) in [5, 5.41) is 11.9. The number of nitrogens with two attached hydrogens (primary N) is 1. The number of methoxy groups -OCH3 is 1. The zero-order chi connectivity index (χ0) is 23.4. The maximum absolute atomic E-state index is 13.1. The molecule has 0 spiro atoms. The molecule has 0 radical (unpaired) electrons. The summed E-state index contributed by atoms with van der Waals surface area (Å²) in [5.41, 5.74) is 7.63. The number of pyridine rings is 1. The molecule has 2 aliphatic rings. The first-order chi connectivity index (χ1) is 16.0. The van der Waals surface area contributed by atoms with Crippen LogP contribution in [0.3, 0.4) is 0 Å². The number of nitrogens with one attached hydrogen (secondary N) is 1. The van der Waals surface area contributed by atoms with E-state index in [1.54, 1.807) is 41.2 Å². The number of nitrogen functional groups attached to an aromatic ring is 1. The molecule has 33 heavy (non-hydrogen) atoms. The highest BCUT2D eigenvalue weighted by Gasteiger charge is 2.25. The van der Waals surface area contributed by atoms with Gasteiger partial charge in [-0.25, -0.2) is 0 Å². The number of carbonyl (C=O) groups excluding carboxylic acids is 1. The predicted octanol–water partition coefficient (Wildman–Crippen LogP) is 3.39. The number of aliphatic hydroxyl groups excluding tert-OH is 1. The molecule has 0 aliphatic heterocycles. The van der Waals surface area contributed by atoms with Crippen LogP contribution in [0.25, 0.3) is 0 Å². The smallest absolute Gasteiger partial charge is 0.274 e. The zero-order valence-electron chi connectivity index (χ0n) is 19.0. The second-order valence-corrected chi connectivity index (χ2v) is 8.97. The van der Waals surface area contributed by atoms with Gasteiger partial charge in [-0.3, -0.25) is 14.6 Å². The fraction of sp³-hybridized carbons (Fsp3) is 0.480. The Morgan fingerprint density at radius 2 is 2.03 bits per heavy atom. The molecule has 8 heteroatoms. The molecule has 2 fully saturated rings. The Morgan fingerprint density at radius 3 is 2.70 bits per heavy atom. The van der Waals surface area contributed by atoms with Crippen molar-refractivity contribution in [1.29, 1.82) is 0 Å². The predicted molar refractivity (Wildman–Crippen MR) is 129 cm³/mol. The van der Waals surface area contributed by atoms with Crippen LogP contribution in [0.1, 0.15) is 66.9 Å². The van der Waals surface area contributed by atoms with Gasteiger partial charge in [0.1, 0.15) is 11.4 Å². The van der Waals surface area contributed by atoms with Crippen LogP contribution in [0.15, 0.2) is 40.2 Å². The summed E-state index contributed by atoms with van der Waals surface area (Å²) in [6.45, 7) is 0.239. The number of carbonyl (C=O) groups is 1. The molecule has 2 saturated carbocycles. The summed E-state index contributed by atoms with van der Waals surface area (Å²) in [4.78, 5) is 30.5. The van der Waals surface area contributed by atoms with Gasteiger partial charge in [-0.2, -0.15) is 0 Å². The number of aliphatic hydroxyl groups is 1. The largest absolute Gasteiger partial charge is 0.496 e. The second kappa shape index (κ2) is 10.2. The van der Waals surface area contributed by atoms with E-state index in [-0.39, 0.29) is 29.9 Å². The fourth-order valence-corrected chi connectivity index (χ4v) is 4.46. The summed E-state index contributed by atoms with van der Waals surface area (Å²) in [6, 6.07) is 7.08. The van der Waals surface area contributed by atoms with Crippen molar-refractivity contribution in [2.24, 2.45) is 10.9 Å². The van der Waals surface area contributed by atoms with Gasteiger partial charge in [0.25, 0.3) is 11.5 Å². The lowest BCUT2D eigenvalue weighted by atomic mass is 9.84. The highest BCUT2D eigenvalue weighted by molar-refractivity contribution is 6.08. The van der Waals surface area contributed by atoms with Crippen LogP contribution in [0.2, 0.25) is 0 Å². The van der Waals surface area contributed by atoms with Crippen molar-refractivity contribution < 1.29 is 14.6 Å². The van der Waals surface area contributed by atoms with E-state index >= 15 is 0 Å². The van der Waals surface area contributed by atoms with E-state index in [0.29, 0.717) is 28.5 Å². The fourth-order valence-electron chi connectivity index (χ4n) is 4.46. The Kier molecular flexibility index (Phi) is 7.13. The molecule has 0 atom stereocenters. The van der Waals surface area contributed by atoms with Gasteiger partial charge in [-0.1, -0.05) is 0 Å². The van der Waals surface area contributed by atoms with Crippen LogP contribution < -0.4 is 21.3 Å². The minimum Gasteiger partial charge on any atom is -0.496 e. The van der Waals surface area contributed by atoms with Crippen molar-refractivity contribution in [1.82, 2.24) is 4.57 Å². The van der Waals surface area contributed by atoms with E-state index < -0.39 is 5.91 Å². The number of nitrogens with zero attached hydrogens (tertiary/aromatic N) is 2. The maximum Gasteiger partial charge on any atom is 0.274 e. The van der Waals surface area contributed by atoms with E-state index in [0.717, 1.165) is 44.9 Å². The Labute approximate surface area is 193 Å². The minimum absolute atomic E-state index is 0.207. The number of aromatic nitrogens is 1. The topological polar surface area (TPSA) is 119 Å². The molecule has 4 N–H and O–H groups in total. The molecule has 1 amide bonds. The molecule has 1 aromatic heterocycles. The zero-order valence-corrected chi connectivity index (χ0v) is 19.0. The van der Waals surface area contributed by atoms with Crippen LogP contribution >= 0.6 is 0 Å². The maximum atomic E-state index is 13.1. The lowest BCUT2D eigenvalue weighted by molar-refractivity contribution is 0.102. The van der Waals surface area contributed by atoms with Crippen molar-refractivity contribution in [2.45, 2.75) is 57.0 Å². The number of ether oxygens (including phenoxy) is 1. The van der Waals surface area contributed by atoms with Crippen molar-refractivity contribution >= 4 is 23.5 Å². The molecule has 4 rings (SSSR count). The third-order valence-corrected chi connectivity index (χ3v) is 6.59. The lowest BCUT2D eigenvalue weighted by Gasteiger charge is -2.25. The number of benzene rings is 1. The second-order valence-electron chi connectivity index (χ2n) is 8.97. The minimum atomic E-state index is -0.434. The average molecular weight is 453 g/mol. The summed E-state index contributed by atoms with van der Waals surface area (Å²) in [5.74, 6) is 0.479. The first kappa shape index (κ1) is 23.0. The number of rotatable bonds is 8. The third-order valence-electron chi connectivity index (χ3n) is 6.59. The van der Waals surface area contributed by atoms with E-state index in [4.69, 9.17) is 20.6 Å². The SMILES string of the molecule is COc1cc(N)c(C=NC2CCC(CCO)CC2)cc1C(=O)Nc1cccn(C2CC2)c1=O. The third kappa shape index (κ3) is 5.45. The Bertz CT molecular complexity index is 1080. The molecule has 176 valence electrons. The first-order valence-electron chi connectivity index (χ1n) is 11.6. The molecular formula is C25H32N4O4. The van der Waals surface area contributed by atoms with Gasteiger partial charge in [0.05, 0.1) is 12.7 Å². The van der Waals surface area contributed by atoms with Gasteiger partial charge in [0.15, 0.2) is 0 Å². The summed E-state index contributed by atoms with van der Waals surface area (Å²) >= 11 is 0. The summed E-state index contributed by atoms with van der Waals surface area (Å²) < 4.78 is 7.05. The number of hydrogen-bond acceptors (Lipinski definition) is 6. The molecule has 0 unspecified atom stereocenters. The number of aliphatic imine (C=N–C) groups is 1. The lowest BCUT2D eigenvalue weighted by Crippen LogP contribution is -2.25. The van der Waals surface area contributed by atoms with Gasteiger partial charge in [-0.05, 0) is 69.1 Å². The Morgan fingerprint density at radius 1 is 1.27 bits per heavy atom. The average Bonchev–Trinajstić information content (AvgIpc) is 3.66. The van der Waals surface area contributed by atoms with Gasteiger partial charge in [0, 0.05) is 48.4 Å². The van der Waals surface area contributed by atoms with Crippen molar-refractivity contribution in [3.05, 3.63) is 51.9 Å². The quantitative estimate of drug-likeness (QED) is 0.419. The molecule has 0 saturated heterocycles. The highest BCUT2D eigenvalue weighted by atomic mass is 16.5. The van der Waals surface area contributed by atoms with Crippen LogP contribution in [0.5, 0.6) is 5.75 Å². The molecule has 2 aliphatic carbocycles. The summed E-state index contributed by atoms with van der Waals surface area (Å²) in [6.07, 6.45) is 10.4. The van der Waals surface area contributed by atoms with Crippen LogP contribution in [0, 0.1) is 5.92 Å².